The minimum absolute atomic E-state index is 0.0197. The summed E-state index contributed by atoms with van der Waals surface area (Å²) in [5.41, 5.74) is -0.224. The van der Waals surface area contributed by atoms with E-state index in [1.807, 2.05) is 0 Å². The SMILES string of the molecule is CC(C)(C)OC(=O)N(CCc1nc2ccc([N+](=O)[O-])cc2[nH]1)CCc1nc2c(N(Cc3ncccc3F)C(=O)OC(C)(C)C)ncnc2s1. The molecule has 4 heterocycles. The maximum atomic E-state index is 14.6. The first-order chi connectivity index (χ1) is 23.1. The number of nitrogens with one attached hydrogen (secondary N) is 1. The lowest BCUT2D eigenvalue weighted by Crippen LogP contribution is -2.39. The molecule has 0 fully saturated rings. The van der Waals surface area contributed by atoms with E-state index in [1.165, 1.54) is 57.9 Å². The number of anilines is 1. The van der Waals surface area contributed by atoms with Crippen LogP contribution in [0, 0.1) is 15.9 Å². The third-order valence-corrected chi connectivity index (χ3v) is 7.85. The van der Waals surface area contributed by atoms with E-state index in [9.17, 15) is 24.1 Å². The Bertz CT molecular complexity index is 2000. The molecule has 2 amide bonds. The highest BCUT2D eigenvalue weighted by Crippen LogP contribution is 2.30. The Balaban J connectivity index is 1.38. The van der Waals surface area contributed by atoms with Crippen molar-refractivity contribution in [3.05, 3.63) is 75.3 Å². The Labute approximate surface area is 284 Å². The maximum Gasteiger partial charge on any atom is 0.416 e. The molecule has 17 heteroatoms. The van der Waals surface area contributed by atoms with Crippen LogP contribution in [0.3, 0.4) is 0 Å². The van der Waals surface area contributed by atoms with Gasteiger partial charge in [0.1, 0.15) is 39.5 Å². The number of ether oxygens (including phenoxy) is 2. The number of carbonyl (C=O) groups excluding carboxylic acids is 2. The number of halogens is 1. The number of pyridine rings is 1. The highest BCUT2D eigenvalue weighted by Gasteiger charge is 2.29. The summed E-state index contributed by atoms with van der Waals surface area (Å²) in [6, 6.07) is 7.08. The molecule has 0 aliphatic rings. The van der Waals surface area contributed by atoms with Gasteiger partial charge in [-0.1, -0.05) is 11.3 Å². The molecule has 0 bridgehead atoms. The van der Waals surface area contributed by atoms with E-state index in [4.69, 9.17) is 14.5 Å². The Morgan fingerprint density at radius 2 is 1.69 bits per heavy atom. The van der Waals surface area contributed by atoms with Gasteiger partial charge in [0, 0.05) is 44.3 Å². The van der Waals surface area contributed by atoms with E-state index in [1.54, 1.807) is 47.6 Å². The number of hydrogen-bond acceptors (Lipinski definition) is 12. The summed E-state index contributed by atoms with van der Waals surface area (Å²) in [6.07, 6.45) is 2.07. The van der Waals surface area contributed by atoms with Crippen LogP contribution >= 0.6 is 11.3 Å². The van der Waals surface area contributed by atoms with Gasteiger partial charge < -0.3 is 19.4 Å². The van der Waals surface area contributed by atoms with E-state index < -0.39 is 34.1 Å². The fourth-order valence-electron chi connectivity index (χ4n) is 4.69. The van der Waals surface area contributed by atoms with Crippen LogP contribution in [0.2, 0.25) is 0 Å². The number of nitro groups is 1. The topological polar surface area (TPSA) is 182 Å². The molecule has 0 spiro atoms. The van der Waals surface area contributed by atoms with Crippen molar-refractivity contribution in [2.45, 2.75) is 72.1 Å². The lowest BCUT2D eigenvalue weighted by molar-refractivity contribution is -0.384. The number of hydrogen-bond donors (Lipinski definition) is 1. The summed E-state index contributed by atoms with van der Waals surface area (Å²) >= 11 is 1.27. The maximum absolute atomic E-state index is 14.6. The van der Waals surface area contributed by atoms with E-state index in [-0.39, 0.29) is 36.8 Å². The second-order valence-electron chi connectivity index (χ2n) is 13.1. The third kappa shape index (κ3) is 8.98. The van der Waals surface area contributed by atoms with Crippen molar-refractivity contribution < 1.29 is 28.4 Å². The van der Waals surface area contributed by atoms with Gasteiger partial charge in [0.05, 0.1) is 33.2 Å². The lowest BCUT2D eigenvalue weighted by atomic mass is 10.2. The normalized spacial score (nSPS) is 11.9. The van der Waals surface area contributed by atoms with E-state index >= 15 is 0 Å². The molecule has 0 unspecified atom stereocenters. The molecule has 0 saturated carbocycles. The molecule has 0 saturated heterocycles. The molecule has 1 N–H and O–H groups in total. The molecule has 49 heavy (non-hydrogen) atoms. The van der Waals surface area contributed by atoms with Gasteiger partial charge in [-0.15, -0.1) is 0 Å². The largest absolute Gasteiger partial charge is 0.444 e. The molecule has 4 aromatic heterocycles. The second kappa shape index (κ2) is 14.0. The van der Waals surface area contributed by atoms with Gasteiger partial charge in [-0.2, -0.15) is 0 Å². The first-order valence-corrected chi connectivity index (χ1v) is 16.2. The average Bonchev–Trinajstić information content (AvgIpc) is 3.62. The van der Waals surface area contributed by atoms with E-state index in [2.05, 4.69) is 24.9 Å². The molecule has 5 aromatic rings. The summed E-state index contributed by atoms with van der Waals surface area (Å²) in [5, 5.41) is 11.8. The first kappa shape index (κ1) is 35.0. The number of benzene rings is 1. The quantitative estimate of drug-likeness (QED) is 0.127. The fraction of sp³-hybridized carbons (Fsp3) is 0.406. The molecule has 0 aliphatic heterocycles. The van der Waals surface area contributed by atoms with Crippen molar-refractivity contribution in [2.24, 2.45) is 0 Å². The highest BCUT2D eigenvalue weighted by atomic mass is 32.1. The minimum Gasteiger partial charge on any atom is -0.444 e. The van der Waals surface area contributed by atoms with Crippen LogP contribution in [-0.2, 0) is 28.9 Å². The highest BCUT2D eigenvalue weighted by molar-refractivity contribution is 7.18. The van der Waals surface area contributed by atoms with Gasteiger partial charge in [0.2, 0.25) is 0 Å². The molecule has 5 rings (SSSR count). The molecule has 15 nitrogen and oxygen atoms in total. The molecule has 0 radical (unpaired) electrons. The Kier molecular flexibility index (Phi) is 10.0. The van der Waals surface area contributed by atoms with Crippen molar-refractivity contribution in [1.29, 1.82) is 0 Å². The van der Waals surface area contributed by atoms with Crippen molar-refractivity contribution >= 4 is 56.4 Å². The number of non-ortho nitro benzene ring substituents is 1. The van der Waals surface area contributed by atoms with Crippen LogP contribution < -0.4 is 4.90 Å². The molecule has 0 aliphatic carbocycles. The van der Waals surface area contributed by atoms with Gasteiger partial charge >= 0.3 is 12.2 Å². The Morgan fingerprint density at radius 1 is 0.980 bits per heavy atom. The summed E-state index contributed by atoms with van der Waals surface area (Å²) in [6.45, 7) is 10.7. The number of nitrogens with zero attached hydrogens (tertiary/aromatic N) is 8. The number of fused-ring (bicyclic) bond motifs is 2. The Morgan fingerprint density at radius 3 is 2.39 bits per heavy atom. The summed E-state index contributed by atoms with van der Waals surface area (Å²) in [7, 11) is 0. The van der Waals surface area contributed by atoms with E-state index in [0.717, 1.165) is 0 Å². The average molecular weight is 694 g/mol. The number of aromatic amines is 1. The zero-order chi connectivity index (χ0) is 35.5. The van der Waals surface area contributed by atoms with Crippen LogP contribution in [0.4, 0.5) is 25.5 Å². The molecular formula is C32H36FN9O6S. The number of rotatable bonds is 10. The van der Waals surface area contributed by atoms with Crippen LogP contribution in [-0.4, -0.2) is 76.2 Å². The summed E-state index contributed by atoms with van der Waals surface area (Å²) < 4.78 is 25.9. The third-order valence-electron chi connectivity index (χ3n) is 6.82. The molecular weight excluding hydrogens is 657 g/mol. The van der Waals surface area contributed by atoms with Gasteiger partial charge in [0.25, 0.3) is 5.69 Å². The number of carbonyl (C=O) groups is 2. The lowest BCUT2D eigenvalue weighted by Gasteiger charge is -2.27. The summed E-state index contributed by atoms with van der Waals surface area (Å²) in [5.74, 6) is 0.0861. The van der Waals surface area contributed by atoms with Crippen molar-refractivity contribution in [1.82, 2.24) is 34.8 Å². The Hall–Kier alpha value is -5.32. The monoisotopic (exact) mass is 693 g/mol. The standard InChI is InChI=1S/C32H36FN9O6S/c1-31(2,3)47-29(43)40(14-11-24-37-21-10-9-19(42(45)46)16-22(21)38-24)15-12-25-39-26-27(35-18-36-28(26)49-25)41(30(44)48-32(4,5)6)17-23-20(33)8-7-13-34-23/h7-10,13,16,18H,11-12,14-15,17H2,1-6H3,(H,37,38). The number of amides is 2. The van der Waals surface area contributed by atoms with Gasteiger partial charge in [0.15, 0.2) is 5.82 Å². The predicted octanol–water partition coefficient (Wildman–Crippen LogP) is 6.37. The number of aromatic nitrogens is 6. The van der Waals surface area contributed by atoms with Gasteiger partial charge in [-0.05, 0) is 59.7 Å². The number of H-pyrrole nitrogens is 1. The molecule has 1 aromatic carbocycles. The number of thiazole rings is 1. The zero-order valence-corrected chi connectivity index (χ0v) is 28.7. The first-order valence-electron chi connectivity index (χ1n) is 15.4. The van der Waals surface area contributed by atoms with Crippen molar-refractivity contribution in [2.75, 3.05) is 18.0 Å². The number of imidazole rings is 1. The van der Waals surface area contributed by atoms with Crippen LogP contribution in [0.25, 0.3) is 21.4 Å². The van der Waals surface area contributed by atoms with Crippen LogP contribution in [0.5, 0.6) is 0 Å². The second-order valence-corrected chi connectivity index (χ2v) is 14.1. The summed E-state index contributed by atoms with van der Waals surface area (Å²) in [4.78, 5) is 65.7. The van der Waals surface area contributed by atoms with Gasteiger partial charge in [-0.25, -0.2) is 33.9 Å². The zero-order valence-electron chi connectivity index (χ0n) is 27.9. The smallest absolute Gasteiger partial charge is 0.416 e. The van der Waals surface area contributed by atoms with Crippen LogP contribution in [0.15, 0.2) is 42.9 Å². The molecule has 258 valence electrons. The predicted molar refractivity (Wildman–Crippen MR) is 180 cm³/mol. The van der Waals surface area contributed by atoms with E-state index in [0.29, 0.717) is 45.1 Å². The van der Waals surface area contributed by atoms with Crippen molar-refractivity contribution in [3.8, 4) is 0 Å². The number of nitro benzene ring substituents is 1. The van der Waals surface area contributed by atoms with Crippen molar-refractivity contribution in [3.63, 3.8) is 0 Å². The van der Waals surface area contributed by atoms with Crippen LogP contribution in [0.1, 0.15) is 58.1 Å². The fourth-order valence-corrected chi connectivity index (χ4v) is 5.58. The molecule has 0 atom stereocenters. The van der Waals surface area contributed by atoms with Gasteiger partial charge in [-0.3, -0.25) is 20.0 Å². The minimum atomic E-state index is -0.844.